The molecule has 1 aliphatic heterocycles. The van der Waals surface area contributed by atoms with E-state index < -0.39 is 0 Å². The van der Waals surface area contributed by atoms with Crippen molar-refractivity contribution in [2.45, 2.75) is 73.1 Å². The van der Waals surface area contributed by atoms with Gasteiger partial charge >= 0.3 is 0 Å². The molecule has 0 saturated heterocycles. The van der Waals surface area contributed by atoms with Crippen LogP contribution in [0.1, 0.15) is 89.8 Å². The van der Waals surface area contributed by atoms with Crippen LogP contribution >= 0.6 is 0 Å². The van der Waals surface area contributed by atoms with E-state index in [-0.39, 0.29) is 5.41 Å². The van der Waals surface area contributed by atoms with Crippen LogP contribution in [0.2, 0.25) is 0 Å². The average Bonchev–Trinajstić information content (AvgIpc) is 2.68. The third kappa shape index (κ3) is 4.63. The summed E-state index contributed by atoms with van der Waals surface area (Å²) in [6.07, 6.45) is 4.45. The quantitative estimate of drug-likeness (QED) is 0.307. The van der Waals surface area contributed by atoms with E-state index in [2.05, 4.69) is 60.6 Å². The number of nitrogens with zero attached hydrogens (tertiary/aromatic N) is 2. The van der Waals surface area contributed by atoms with Gasteiger partial charge in [0, 0.05) is 30.8 Å². The van der Waals surface area contributed by atoms with Gasteiger partial charge in [0.1, 0.15) is 17.8 Å². The Morgan fingerprint density at radius 3 is 2.29 bits per heavy atom. The zero-order chi connectivity index (χ0) is 23.1. The molecule has 2 aliphatic rings. The summed E-state index contributed by atoms with van der Waals surface area (Å²) >= 11 is 0. The molecule has 0 saturated carbocycles. The highest BCUT2D eigenvalue weighted by Crippen LogP contribution is 2.51. The highest BCUT2D eigenvalue weighted by Gasteiger charge is 2.38. The van der Waals surface area contributed by atoms with Crippen LogP contribution in [0, 0.1) is 11.3 Å². The number of carbonyl (C=O) groups excluding carboxylic acids is 1. The Morgan fingerprint density at radius 1 is 1.10 bits per heavy atom. The molecule has 1 heterocycles. The third-order valence-electron chi connectivity index (χ3n) is 6.44. The second-order valence-electron chi connectivity index (χ2n) is 10.9. The first-order chi connectivity index (χ1) is 14.4. The normalized spacial score (nSPS) is 19.1. The minimum Gasteiger partial charge on any atom is -0.456 e. The van der Waals surface area contributed by atoms with Gasteiger partial charge in [-0.05, 0) is 53.2 Å². The summed E-state index contributed by atoms with van der Waals surface area (Å²) in [7, 11) is 3.96. The van der Waals surface area contributed by atoms with Gasteiger partial charge < -0.3 is 9.64 Å². The highest BCUT2D eigenvalue weighted by molar-refractivity contribution is 5.87. The fourth-order valence-corrected chi connectivity index (χ4v) is 4.32. The molecule has 31 heavy (non-hydrogen) atoms. The van der Waals surface area contributed by atoms with Crippen molar-refractivity contribution < 1.29 is 9.53 Å². The lowest BCUT2D eigenvalue weighted by Gasteiger charge is -2.38. The molecule has 0 bridgehead atoms. The van der Waals surface area contributed by atoms with Crippen molar-refractivity contribution in [1.29, 1.82) is 0 Å². The number of ether oxygens (including phenoxy) is 1. The minimum absolute atomic E-state index is 0.0896. The van der Waals surface area contributed by atoms with Gasteiger partial charge in [-0.25, -0.2) is 4.99 Å². The van der Waals surface area contributed by atoms with Gasteiger partial charge in [0.2, 0.25) is 0 Å². The van der Waals surface area contributed by atoms with Gasteiger partial charge in [0.05, 0.1) is 12.0 Å². The van der Waals surface area contributed by atoms with Crippen molar-refractivity contribution in [1.82, 2.24) is 4.90 Å². The van der Waals surface area contributed by atoms with Crippen LogP contribution in [0.3, 0.4) is 0 Å². The summed E-state index contributed by atoms with van der Waals surface area (Å²) in [6.45, 7) is 15.6. The van der Waals surface area contributed by atoms with E-state index in [1.165, 1.54) is 11.1 Å². The Bertz CT molecular complexity index is 956. The molecule has 3 rings (SSSR count). The first-order valence-corrected chi connectivity index (χ1v) is 11.4. The smallest absolute Gasteiger partial charge is 0.149 e. The number of carbonyl (C=O) groups is 1. The second kappa shape index (κ2) is 8.64. The maximum Gasteiger partial charge on any atom is 0.149 e. The van der Waals surface area contributed by atoms with Gasteiger partial charge in [-0.1, -0.05) is 54.5 Å². The van der Waals surface area contributed by atoms with E-state index in [1.807, 2.05) is 25.3 Å². The zero-order valence-corrected chi connectivity index (χ0v) is 20.7. The fraction of sp³-hybridized carbons (Fsp3) is 0.556. The predicted molar refractivity (Wildman–Crippen MR) is 130 cm³/mol. The van der Waals surface area contributed by atoms with E-state index in [9.17, 15) is 4.79 Å². The molecule has 0 aromatic heterocycles. The van der Waals surface area contributed by atoms with E-state index in [1.54, 1.807) is 0 Å². The van der Waals surface area contributed by atoms with Gasteiger partial charge in [-0.2, -0.15) is 0 Å². The topological polar surface area (TPSA) is 41.9 Å². The molecule has 0 spiro atoms. The Balaban J connectivity index is 2.36. The summed E-state index contributed by atoms with van der Waals surface area (Å²) in [4.78, 5) is 19.0. The minimum atomic E-state index is 0.0896. The van der Waals surface area contributed by atoms with Crippen molar-refractivity contribution in [3.63, 3.8) is 0 Å². The summed E-state index contributed by atoms with van der Waals surface area (Å²) in [5.74, 6) is 2.66. The van der Waals surface area contributed by atoms with Crippen molar-refractivity contribution in [3.8, 4) is 5.75 Å². The highest BCUT2D eigenvalue weighted by atomic mass is 16.5. The van der Waals surface area contributed by atoms with Gasteiger partial charge in [-0.15, -0.1) is 0 Å². The lowest BCUT2D eigenvalue weighted by atomic mass is 9.69. The largest absolute Gasteiger partial charge is 0.456 e. The van der Waals surface area contributed by atoms with Gasteiger partial charge in [0.15, 0.2) is 0 Å². The number of hydrogen-bond acceptors (Lipinski definition) is 3. The van der Waals surface area contributed by atoms with Crippen LogP contribution in [0.4, 0.5) is 0 Å². The summed E-state index contributed by atoms with van der Waals surface area (Å²) in [5.41, 5.74) is 6.37. The maximum absolute atomic E-state index is 12.1. The summed E-state index contributed by atoms with van der Waals surface area (Å²) < 4.78 is 6.57. The van der Waals surface area contributed by atoms with Crippen LogP contribution < -0.4 is 4.74 Å². The number of aliphatic imine (C=N–C) groups is 1. The number of allylic oxidation sites excluding steroid dienone is 2. The first-order valence-electron chi connectivity index (χ1n) is 11.4. The monoisotopic (exact) mass is 422 g/mol. The summed E-state index contributed by atoms with van der Waals surface area (Å²) in [6, 6.07) is 4.49. The van der Waals surface area contributed by atoms with Crippen LogP contribution in [-0.4, -0.2) is 31.6 Å². The van der Waals surface area contributed by atoms with E-state index in [4.69, 9.17) is 9.73 Å². The first kappa shape index (κ1) is 23.3. The van der Waals surface area contributed by atoms with Crippen molar-refractivity contribution in [3.05, 3.63) is 45.7 Å². The maximum atomic E-state index is 12.1. The number of benzene rings is 1. The molecule has 168 valence electrons. The van der Waals surface area contributed by atoms with Gasteiger partial charge in [0.25, 0.3) is 0 Å². The van der Waals surface area contributed by atoms with Crippen LogP contribution in [-0.2, 0) is 4.79 Å². The Hall–Kier alpha value is -2.36. The molecular weight excluding hydrogens is 384 g/mol. The lowest BCUT2D eigenvalue weighted by Crippen LogP contribution is -2.29. The molecule has 0 N–H and O–H groups in total. The van der Waals surface area contributed by atoms with Crippen molar-refractivity contribution >= 4 is 18.3 Å². The lowest BCUT2D eigenvalue weighted by molar-refractivity contribution is -0.105. The third-order valence-corrected chi connectivity index (χ3v) is 6.44. The van der Waals surface area contributed by atoms with Crippen LogP contribution in [0.15, 0.2) is 34.0 Å². The van der Waals surface area contributed by atoms with E-state index >= 15 is 0 Å². The van der Waals surface area contributed by atoms with Crippen molar-refractivity contribution in [2.24, 2.45) is 16.3 Å². The zero-order valence-electron chi connectivity index (χ0n) is 20.7. The van der Waals surface area contributed by atoms with Crippen LogP contribution in [0.25, 0.3) is 5.70 Å². The molecule has 1 aromatic carbocycles. The summed E-state index contributed by atoms with van der Waals surface area (Å²) in [5, 5.41) is 0. The van der Waals surface area contributed by atoms with Crippen molar-refractivity contribution in [2.75, 3.05) is 14.1 Å². The molecule has 4 nitrogen and oxygen atoms in total. The van der Waals surface area contributed by atoms with E-state index in [0.717, 1.165) is 53.0 Å². The molecule has 0 fully saturated rings. The number of fused-ring (bicyclic) bond motifs is 2. The van der Waals surface area contributed by atoms with Gasteiger partial charge in [-0.3, -0.25) is 4.79 Å². The molecule has 0 amide bonds. The molecule has 1 atom stereocenters. The Morgan fingerprint density at radius 2 is 1.77 bits per heavy atom. The second-order valence-corrected chi connectivity index (χ2v) is 10.9. The molecular formula is C27H38N2O2. The molecule has 1 unspecified atom stereocenters. The predicted octanol–water partition coefficient (Wildman–Crippen LogP) is 6.54. The standard InChI is InChI=1S/C27H38N2O2/c1-16(2)18-11-21(17(3)4)26-22(12-18)24(28-15-29(8)9)23-13-20(27(5,6)7)10-19(14-30)25(23)31-26/h11-12,14-17,20H,10,13H2,1-9H3. The molecule has 1 aromatic rings. The molecule has 4 heteroatoms. The number of aldehydes is 1. The Labute approximate surface area is 188 Å². The number of hydrogen-bond donors (Lipinski definition) is 0. The molecule has 0 radical (unpaired) electrons. The SMILES string of the molecule is CC(C)c1cc2c(c(C(C)C)c1)OC1=C(C=O)CC(C(C)(C)C)CC1=C2N=CN(C)C. The van der Waals surface area contributed by atoms with E-state index in [0.29, 0.717) is 17.8 Å². The fourth-order valence-electron chi connectivity index (χ4n) is 4.32. The molecule has 1 aliphatic carbocycles. The number of rotatable bonds is 5. The average molecular weight is 423 g/mol. The Kier molecular flexibility index (Phi) is 6.50. The van der Waals surface area contributed by atoms with Crippen LogP contribution in [0.5, 0.6) is 5.75 Å².